The highest BCUT2D eigenvalue weighted by Crippen LogP contribution is 2.18. The number of nitrogens with zero attached hydrogens (tertiary/aromatic N) is 3. The van der Waals surface area contributed by atoms with E-state index in [1.165, 1.54) is 0 Å². The second-order valence-corrected chi connectivity index (χ2v) is 7.74. The van der Waals surface area contributed by atoms with Crippen LogP contribution < -0.4 is 0 Å². The largest absolute Gasteiger partial charge is 0.385 e. The Labute approximate surface area is 184 Å². The van der Waals surface area contributed by atoms with E-state index >= 15 is 0 Å². The van der Waals surface area contributed by atoms with Crippen LogP contribution in [-0.4, -0.2) is 59.5 Å². The molecule has 0 radical (unpaired) electrons. The summed E-state index contributed by atoms with van der Waals surface area (Å²) in [7, 11) is 3.59. The summed E-state index contributed by atoms with van der Waals surface area (Å²) in [5.74, 6) is -0.304. The molecule has 0 bridgehead atoms. The van der Waals surface area contributed by atoms with Crippen LogP contribution in [0.5, 0.6) is 0 Å². The van der Waals surface area contributed by atoms with Crippen molar-refractivity contribution in [1.29, 1.82) is 0 Å². The highest BCUT2D eigenvalue weighted by atomic mass is 35.5. The van der Waals surface area contributed by atoms with Crippen LogP contribution in [0.2, 0.25) is 5.02 Å². The van der Waals surface area contributed by atoms with Gasteiger partial charge in [-0.15, -0.1) is 0 Å². The molecule has 2 aromatic rings. The normalized spacial score (nSPS) is 10.8. The van der Waals surface area contributed by atoms with E-state index in [4.69, 9.17) is 16.3 Å². The van der Waals surface area contributed by atoms with Crippen LogP contribution in [-0.2, 0) is 23.1 Å². The number of amides is 2. The zero-order chi connectivity index (χ0) is 21.9. The fourth-order valence-corrected chi connectivity index (χ4v) is 3.43. The summed E-state index contributed by atoms with van der Waals surface area (Å²) in [6, 6.07) is 10.9. The lowest BCUT2D eigenvalue weighted by Gasteiger charge is -2.28. The van der Waals surface area contributed by atoms with E-state index in [-0.39, 0.29) is 18.4 Å². The predicted molar refractivity (Wildman–Crippen MR) is 120 cm³/mol. The Hall–Kier alpha value is -2.31. The number of ether oxygens (including phenoxy) is 1. The third kappa shape index (κ3) is 6.89. The predicted octanol–water partition coefficient (Wildman–Crippen LogP) is 3.99. The van der Waals surface area contributed by atoms with Crippen LogP contribution in [0.15, 0.2) is 42.6 Å². The van der Waals surface area contributed by atoms with Crippen LogP contribution in [0.3, 0.4) is 0 Å². The summed E-state index contributed by atoms with van der Waals surface area (Å²) in [6.45, 7) is 4.24. The summed E-state index contributed by atoms with van der Waals surface area (Å²) >= 11 is 6.23. The number of halogens is 1. The maximum atomic E-state index is 13.2. The molecular formula is C23H32ClN3O3. The minimum absolute atomic E-state index is 0.0158. The first-order valence-electron chi connectivity index (χ1n) is 10.4. The number of benzene rings is 1. The van der Waals surface area contributed by atoms with Crippen molar-refractivity contribution in [3.05, 3.63) is 58.9 Å². The van der Waals surface area contributed by atoms with Crippen molar-refractivity contribution in [1.82, 2.24) is 14.4 Å². The van der Waals surface area contributed by atoms with Crippen molar-refractivity contribution < 1.29 is 14.3 Å². The minimum Gasteiger partial charge on any atom is -0.385 e. The number of hydrogen-bond acceptors (Lipinski definition) is 3. The molecule has 0 aliphatic rings. The minimum atomic E-state index is -0.237. The standard InChI is InChI=1S/C23H32ClN3O3/c1-4-5-14-26(17-19-10-8-13-25(19)2)22(28)18-27(15-9-16-30-3)23(29)20-11-6-7-12-21(20)24/h6-8,10-13H,4-5,9,14-18H2,1-3H3. The van der Waals surface area contributed by atoms with E-state index < -0.39 is 0 Å². The van der Waals surface area contributed by atoms with Gasteiger partial charge in [-0.05, 0) is 37.1 Å². The Balaban J connectivity index is 2.17. The van der Waals surface area contributed by atoms with Crippen LogP contribution in [0, 0.1) is 0 Å². The number of carbonyl (C=O) groups excluding carboxylic acids is 2. The number of carbonyl (C=O) groups is 2. The van der Waals surface area contributed by atoms with Crippen molar-refractivity contribution in [2.24, 2.45) is 7.05 Å². The Morgan fingerprint density at radius 2 is 1.80 bits per heavy atom. The molecule has 0 N–H and O–H groups in total. The molecular weight excluding hydrogens is 402 g/mol. The summed E-state index contributed by atoms with van der Waals surface area (Å²) < 4.78 is 7.14. The average molecular weight is 434 g/mol. The number of rotatable bonds is 12. The molecule has 0 saturated heterocycles. The van der Waals surface area contributed by atoms with Gasteiger partial charge in [0.2, 0.25) is 5.91 Å². The summed E-state index contributed by atoms with van der Waals surface area (Å²) in [6.07, 6.45) is 4.52. The molecule has 1 aromatic carbocycles. The topological polar surface area (TPSA) is 54.8 Å². The molecule has 30 heavy (non-hydrogen) atoms. The van der Waals surface area contributed by atoms with Gasteiger partial charge in [0.1, 0.15) is 6.54 Å². The number of aromatic nitrogens is 1. The van der Waals surface area contributed by atoms with Gasteiger partial charge < -0.3 is 19.1 Å². The molecule has 2 rings (SSSR count). The number of aryl methyl sites for hydroxylation is 1. The SMILES string of the molecule is CCCCN(Cc1cccn1C)C(=O)CN(CCCOC)C(=O)c1ccccc1Cl. The molecule has 1 heterocycles. The van der Waals surface area contributed by atoms with Crippen LogP contribution >= 0.6 is 11.6 Å². The lowest BCUT2D eigenvalue weighted by atomic mass is 10.2. The first kappa shape index (κ1) is 24.0. The van der Waals surface area contributed by atoms with Gasteiger partial charge in [0.25, 0.3) is 5.91 Å². The van der Waals surface area contributed by atoms with Gasteiger partial charge in [0, 0.05) is 45.7 Å². The molecule has 0 aliphatic heterocycles. The smallest absolute Gasteiger partial charge is 0.255 e. The third-order valence-corrected chi connectivity index (χ3v) is 5.36. The molecule has 6 nitrogen and oxygen atoms in total. The van der Waals surface area contributed by atoms with Gasteiger partial charge >= 0.3 is 0 Å². The van der Waals surface area contributed by atoms with Gasteiger partial charge in [-0.1, -0.05) is 37.1 Å². The maximum absolute atomic E-state index is 13.2. The molecule has 164 valence electrons. The van der Waals surface area contributed by atoms with Gasteiger partial charge in [-0.25, -0.2) is 0 Å². The quantitative estimate of drug-likeness (QED) is 0.475. The first-order chi connectivity index (χ1) is 14.5. The van der Waals surface area contributed by atoms with Crippen LogP contribution in [0.25, 0.3) is 0 Å². The van der Waals surface area contributed by atoms with E-state index in [2.05, 4.69) is 6.92 Å². The lowest BCUT2D eigenvalue weighted by Crippen LogP contribution is -2.44. The number of unbranched alkanes of at least 4 members (excludes halogenated alkanes) is 1. The molecule has 7 heteroatoms. The van der Waals surface area contributed by atoms with E-state index in [0.29, 0.717) is 43.2 Å². The Morgan fingerprint density at radius 3 is 2.43 bits per heavy atom. The van der Waals surface area contributed by atoms with Gasteiger partial charge in [0.05, 0.1) is 17.1 Å². The number of methoxy groups -OCH3 is 1. The lowest BCUT2D eigenvalue weighted by molar-refractivity contribution is -0.132. The third-order valence-electron chi connectivity index (χ3n) is 5.03. The molecule has 0 atom stereocenters. The van der Waals surface area contributed by atoms with E-state index in [0.717, 1.165) is 18.5 Å². The highest BCUT2D eigenvalue weighted by Gasteiger charge is 2.23. The van der Waals surface area contributed by atoms with Gasteiger partial charge in [0.15, 0.2) is 0 Å². The number of hydrogen-bond donors (Lipinski definition) is 0. The fourth-order valence-electron chi connectivity index (χ4n) is 3.22. The fraction of sp³-hybridized carbons (Fsp3) is 0.478. The molecule has 0 fully saturated rings. The van der Waals surface area contributed by atoms with E-state index in [1.54, 1.807) is 36.3 Å². The zero-order valence-corrected chi connectivity index (χ0v) is 18.9. The Bertz CT molecular complexity index is 822. The molecule has 0 aliphatic carbocycles. The zero-order valence-electron chi connectivity index (χ0n) is 18.1. The van der Waals surface area contributed by atoms with Crippen molar-refractivity contribution in [3.8, 4) is 0 Å². The summed E-state index contributed by atoms with van der Waals surface area (Å²) in [5, 5.41) is 0.387. The van der Waals surface area contributed by atoms with Crippen LogP contribution in [0.4, 0.5) is 0 Å². The van der Waals surface area contributed by atoms with E-state index in [1.807, 2.05) is 34.8 Å². The second-order valence-electron chi connectivity index (χ2n) is 7.33. The average Bonchev–Trinajstić information content (AvgIpc) is 3.14. The van der Waals surface area contributed by atoms with Crippen molar-refractivity contribution >= 4 is 23.4 Å². The highest BCUT2D eigenvalue weighted by molar-refractivity contribution is 6.33. The second kappa shape index (κ2) is 12.4. The van der Waals surface area contributed by atoms with Crippen molar-refractivity contribution in [2.75, 3.05) is 33.4 Å². The molecule has 0 spiro atoms. The molecule has 1 aromatic heterocycles. The first-order valence-corrected chi connectivity index (χ1v) is 10.8. The molecule has 0 saturated carbocycles. The Morgan fingerprint density at radius 1 is 1.07 bits per heavy atom. The summed E-state index contributed by atoms with van der Waals surface area (Å²) in [4.78, 5) is 29.7. The summed E-state index contributed by atoms with van der Waals surface area (Å²) in [5.41, 5.74) is 1.47. The van der Waals surface area contributed by atoms with Crippen LogP contribution in [0.1, 0.15) is 42.2 Å². The van der Waals surface area contributed by atoms with Crippen molar-refractivity contribution in [3.63, 3.8) is 0 Å². The van der Waals surface area contributed by atoms with E-state index in [9.17, 15) is 9.59 Å². The van der Waals surface area contributed by atoms with Crippen molar-refractivity contribution in [2.45, 2.75) is 32.7 Å². The Kier molecular flexibility index (Phi) is 9.91. The molecule has 0 unspecified atom stereocenters. The monoisotopic (exact) mass is 433 g/mol. The maximum Gasteiger partial charge on any atom is 0.255 e. The van der Waals surface area contributed by atoms with Gasteiger partial charge in [-0.3, -0.25) is 9.59 Å². The van der Waals surface area contributed by atoms with Gasteiger partial charge in [-0.2, -0.15) is 0 Å². The molecule has 2 amide bonds.